The zero-order valence-corrected chi connectivity index (χ0v) is 8.71. The smallest absolute Gasteiger partial charge is 0.155 e. The van der Waals surface area contributed by atoms with Crippen molar-refractivity contribution < 1.29 is 4.84 Å². The van der Waals surface area contributed by atoms with Gasteiger partial charge >= 0.3 is 0 Å². The molecule has 0 spiro atoms. The first kappa shape index (κ1) is 9.03. The van der Waals surface area contributed by atoms with Gasteiger partial charge in [0.2, 0.25) is 0 Å². The van der Waals surface area contributed by atoms with Crippen LogP contribution in [-0.2, 0) is 4.84 Å². The maximum absolute atomic E-state index is 4.85. The SMILES string of the molecule is CON=C1c2ncccc2-c2cccnc21. The number of nitrogens with zero attached hydrogens (tertiary/aromatic N) is 3. The first-order valence-corrected chi connectivity index (χ1v) is 4.94. The highest BCUT2D eigenvalue weighted by Gasteiger charge is 2.27. The van der Waals surface area contributed by atoms with Gasteiger partial charge in [-0.1, -0.05) is 17.3 Å². The van der Waals surface area contributed by atoms with Crippen molar-refractivity contribution in [3.05, 3.63) is 48.0 Å². The Balaban J connectivity index is 2.34. The molecule has 0 amide bonds. The minimum Gasteiger partial charge on any atom is -0.399 e. The Morgan fingerprint density at radius 2 is 1.56 bits per heavy atom. The molecule has 4 heteroatoms. The maximum atomic E-state index is 4.85. The molecule has 2 aromatic heterocycles. The Morgan fingerprint density at radius 1 is 1.00 bits per heavy atom. The summed E-state index contributed by atoms with van der Waals surface area (Å²) in [7, 11) is 1.52. The maximum Gasteiger partial charge on any atom is 0.155 e. The summed E-state index contributed by atoms with van der Waals surface area (Å²) in [6.07, 6.45) is 3.49. The van der Waals surface area contributed by atoms with Crippen molar-refractivity contribution >= 4 is 5.71 Å². The third-order valence-corrected chi connectivity index (χ3v) is 2.54. The van der Waals surface area contributed by atoms with Gasteiger partial charge in [-0.05, 0) is 12.1 Å². The molecule has 0 aliphatic heterocycles. The van der Waals surface area contributed by atoms with Gasteiger partial charge in [0.25, 0.3) is 0 Å². The molecule has 16 heavy (non-hydrogen) atoms. The summed E-state index contributed by atoms with van der Waals surface area (Å²) in [5.74, 6) is 0. The highest BCUT2D eigenvalue weighted by Crippen LogP contribution is 2.33. The van der Waals surface area contributed by atoms with Gasteiger partial charge in [-0.2, -0.15) is 0 Å². The Bertz CT molecular complexity index is 530. The van der Waals surface area contributed by atoms with Crippen LogP contribution in [-0.4, -0.2) is 22.8 Å². The molecule has 78 valence electrons. The van der Waals surface area contributed by atoms with E-state index in [4.69, 9.17) is 4.84 Å². The largest absolute Gasteiger partial charge is 0.399 e. The van der Waals surface area contributed by atoms with Crippen LogP contribution in [0.1, 0.15) is 11.4 Å². The summed E-state index contributed by atoms with van der Waals surface area (Å²) in [5, 5.41) is 4.00. The lowest BCUT2D eigenvalue weighted by Gasteiger charge is -1.97. The fraction of sp³-hybridized carbons (Fsp3) is 0.0833. The highest BCUT2D eigenvalue weighted by atomic mass is 16.6. The van der Waals surface area contributed by atoms with Gasteiger partial charge in [0.1, 0.15) is 18.5 Å². The Morgan fingerprint density at radius 3 is 2.06 bits per heavy atom. The van der Waals surface area contributed by atoms with E-state index in [1.54, 1.807) is 12.4 Å². The second-order valence-electron chi connectivity index (χ2n) is 3.42. The lowest BCUT2D eigenvalue weighted by molar-refractivity contribution is 0.214. The summed E-state index contributed by atoms with van der Waals surface area (Å²) in [5.41, 5.74) is 4.48. The third kappa shape index (κ3) is 1.13. The third-order valence-electron chi connectivity index (χ3n) is 2.54. The van der Waals surface area contributed by atoms with Crippen molar-refractivity contribution in [1.82, 2.24) is 9.97 Å². The van der Waals surface area contributed by atoms with Crippen molar-refractivity contribution in [3.63, 3.8) is 0 Å². The van der Waals surface area contributed by atoms with E-state index in [-0.39, 0.29) is 0 Å². The topological polar surface area (TPSA) is 47.4 Å². The molecule has 0 saturated heterocycles. The second kappa shape index (κ2) is 3.41. The van der Waals surface area contributed by atoms with Crippen LogP contribution in [0.15, 0.2) is 41.8 Å². The van der Waals surface area contributed by atoms with Crippen LogP contribution in [0.5, 0.6) is 0 Å². The van der Waals surface area contributed by atoms with Gasteiger partial charge in [-0.3, -0.25) is 9.97 Å². The normalized spacial score (nSPS) is 11.9. The van der Waals surface area contributed by atoms with E-state index < -0.39 is 0 Å². The molecule has 1 aliphatic rings. The van der Waals surface area contributed by atoms with Gasteiger partial charge < -0.3 is 4.84 Å². The first-order chi connectivity index (χ1) is 7.92. The number of fused-ring (bicyclic) bond motifs is 3. The van der Waals surface area contributed by atoms with Gasteiger partial charge in [-0.25, -0.2) is 0 Å². The quantitative estimate of drug-likeness (QED) is 0.577. The van der Waals surface area contributed by atoms with Gasteiger partial charge in [0.05, 0.1) is 0 Å². The lowest BCUT2D eigenvalue weighted by atomic mass is 10.1. The molecule has 2 heterocycles. The lowest BCUT2D eigenvalue weighted by Crippen LogP contribution is -2.02. The van der Waals surface area contributed by atoms with Crippen molar-refractivity contribution in [2.45, 2.75) is 0 Å². The summed E-state index contributed by atoms with van der Waals surface area (Å²) in [6, 6.07) is 7.85. The molecule has 0 unspecified atom stereocenters. The van der Waals surface area contributed by atoms with Gasteiger partial charge in [-0.15, -0.1) is 0 Å². The molecule has 0 radical (unpaired) electrons. The van der Waals surface area contributed by atoms with E-state index in [0.29, 0.717) is 5.71 Å². The minimum atomic E-state index is 0.702. The van der Waals surface area contributed by atoms with E-state index in [9.17, 15) is 0 Å². The molecular formula is C12H9N3O. The van der Waals surface area contributed by atoms with Gasteiger partial charge in [0.15, 0.2) is 5.71 Å². The number of oxime groups is 1. The number of pyridine rings is 2. The van der Waals surface area contributed by atoms with Crippen LogP contribution in [0.4, 0.5) is 0 Å². The predicted molar refractivity (Wildman–Crippen MR) is 60.1 cm³/mol. The first-order valence-electron chi connectivity index (χ1n) is 4.94. The molecule has 3 rings (SSSR count). The van der Waals surface area contributed by atoms with Crippen LogP contribution >= 0.6 is 0 Å². The van der Waals surface area contributed by atoms with E-state index in [0.717, 1.165) is 22.5 Å². The number of hydrogen-bond donors (Lipinski definition) is 0. The molecule has 0 bridgehead atoms. The molecule has 1 aliphatic carbocycles. The van der Waals surface area contributed by atoms with Crippen LogP contribution < -0.4 is 0 Å². The fourth-order valence-electron chi connectivity index (χ4n) is 1.91. The van der Waals surface area contributed by atoms with Crippen molar-refractivity contribution in [2.75, 3.05) is 7.11 Å². The molecular weight excluding hydrogens is 202 g/mol. The van der Waals surface area contributed by atoms with Crippen LogP contribution in [0.3, 0.4) is 0 Å². The zero-order valence-electron chi connectivity index (χ0n) is 8.71. The molecule has 2 aromatic rings. The Kier molecular flexibility index (Phi) is 1.93. The summed E-state index contributed by atoms with van der Waals surface area (Å²) in [4.78, 5) is 13.5. The van der Waals surface area contributed by atoms with Crippen LogP contribution in [0.25, 0.3) is 11.1 Å². The summed E-state index contributed by atoms with van der Waals surface area (Å²) < 4.78 is 0. The van der Waals surface area contributed by atoms with E-state index in [1.807, 2.05) is 24.3 Å². The number of aromatic nitrogens is 2. The van der Waals surface area contributed by atoms with E-state index in [1.165, 1.54) is 7.11 Å². The number of hydrogen-bond acceptors (Lipinski definition) is 4. The minimum absolute atomic E-state index is 0.702. The monoisotopic (exact) mass is 211 g/mol. The Labute approximate surface area is 92.6 Å². The van der Waals surface area contributed by atoms with Crippen molar-refractivity contribution in [3.8, 4) is 11.1 Å². The molecule has 0 atom stereocenters. The summed E-state index contributed by atoms with van der Waals surface area (Å²) in [6.45, 7) is 0. The molecule has 4 nitrogen and oxygen atoms in total. The predicted octanol–water partition coefficient (Wildman–Crippen LogP) is 1.86. The Hall–Kier alpha value is -2.23. The van der Waals surface area contributed by atoms with E-state index in [2.05, 4.69) is 15.1 Å². The second-order valence-corrected chi connectivity index (χ2v) is 3.42. The highest BCUT2D eigenvalue weighted by molar-refractivity contribution is 6.21. The molecule has 0 fully saturated rings. The zero-order chi connectivity index (χ0) is 11.0. The fourth-order valence-corrected chi connectivity index (χ4v) is 1.91. The standard InChI is InChI=1S/C12H9N3O/c1-16-15-12-10-8(4-2-6-13-10)9-5-3-7-14-11(9)12/h2-7H,1H3. The summed E-state index contributed by atoms with van der Waals surface area (Å²) >= 11 is 0. The van der Waals surface area contributed by atoms with Crippen molar-refractivity contribution in [2.24, 2.45) is 5.16 Å². The van der Waals surface area contributed by atoms with E-state index >= 15 is 0 Å². The average Bonchev–Trinajstić information content (AvgIpc) is 2.66. The molecule has 0 N–H and O–H groups in total. The van der Waals surface area contributed by atoms with Gasteiger partial charge in [0, 0.05) is 23.5 Å². The number of rotatable bonds is 1. The average molecular weight is 211 g/mol. The molecule has 0 saturated carbocycles. The molecule has 0 aromatic carbocycles. The van der Waals surface area contributed by atoms with Crippen LogP contribution in [0, 0.1) is 0 Å². The van der Waals surface area contributed by atoms with Crippen molar-refractivity contribution in [1.29, 1.82) is 0 Å². The van der Waals surface area contributed by atoms with Crippen LogP contribution in [0.2, 0.25) is 0 Å².